The van der Waals surface area contributed by atoms with Crippen molar-refractivity contribution in [1.82, 2.24) is 10.2 Å². The van der Waals surface area contributed by atoms with Gasteiger partial charge in [0.1, 0.15) is 0 Å². The number of carbonyl (C=O) groups excluding carboxylic acids is 1. The first-order chi connectivity index (χ1) is 10.6. The molecule has 0 aliphatic rings. The number of rotatable bonds is 5. The van der Waals surface area contributed by atoms with Crippen molar-refractivity contribution in [2.75, 3.05) is 0 Å². The van der Waals surface area contributed by atoms with Crippen LogP contribution < -0.4 is 5.32 Å². The molecule has 2 aromatic rings. The van der Waals surface area contributed by atoms with Crippen molar-refractivity contribution >= 4 is 6.03 Å². The molecular formula is C19H24N2O. The van der Waals surface area contributed by atoms with Crippen LogP contribution in [0.1, 0.15) is 30.5 Å². The highest BCUT2D eigenvalue weighted by molar-refractivity contribution is 5.74. The first-order valence-electron chi connectivity index (χ1n) is 7.71. The molecule has 2 aromatic carbocycles. The van der Waals surface area contributed by atoms with Crippen LogP contribution in [-0.2, 0) is 13.1 Å². The van der Waals surface area contributed by atoms with Crippen molar-refractivity contribution in [3.05, 3.63) is 71.3 Å². The molecule has 3 heteroatoms. The zero-order valence-electron chi connectivity index (χ0n) is 13.5. The number of benzene rings is 2. The second-order valence-electron chi connectivity index (χ2n) is 5.79. The highest BCUT2D eigenvalue weighted by Gasteiger charge is 2.17. The number of nitrogens with one attached hydrogen (secondary N) is 1. The van der Waals surface area contributed by atoms with Crippen LogP contribution in [0.4, 0.5) is 4.79 Å². The Kier molecular flexibility index (Phi) is 5.59. The van der Waals surface area contributed by atoms with Crippen LogP contribution in [0.25, 0.3) is 0 Å². The van der Waals surface area contributed by atoms with Crippen LogP contribution >= 0.6 is 0 Å². The van der Waals surface area contributed by atoms with E-state index in [0.29, 0.717) is 13.1 Å². The van der Waals surface area contributed by atoms with Gasteiger partial charge in [-0.05, 0) is 37.5 Å². The molecule has 0 spiro atoms. The van der Waals surface area contributed by atoms with Crippen LogP contribution in [0.5, 0.6) is 0 Å². The highest BCUT2D eigenvalue weighted by atomic mass is 16.2. The smallest absolute Gasteiger partial charge is 0.318 e. The van der Waals surface area contributed by atoms with E-state index in [1.807, 2.05) is 67.3 Å². The summed E-state index contributed by atoms with van der Waals surface area (Å²) in [6, 6.07) is 18.3. The fourth-order valence-electron chi connectivity index (χ4n) is 2.35. The molecule has 0 aliphatic carbocycles. The minimum atomic E-state index is -0.0258. The maximum atomic E-state index is 12.5. The van der Waals surface area contributed by atoms with Crippen molar-refractivity contribution in [1.29, 1.82) is 0 Å². The van der Waals surface area contributed by atoms with Crippen molar-refractivity contribution in [2.45, 2.75) is 39.9 Å². The monoisotopic (exact) mass is 296 g/mol. The third kappa shape index (κ3) is 4.35. The fraction of sp³-hybridized carbons (Fsp3) is 0.316. The highest BCUT2D eigenvalue weighted by Crippen LogP contribution is 2.10. The number of urea groups is 1. The summed E-state index contributed by atoms with van der Waals surface area (Å²) in [4.78, 5) is 14.3. The first kappa shape index (κ1) is 16.1. The van der Waals surface area contributed by atoms with Crippen LogP contribution in [0, 0.1) is 6.92 Å². The molecule has 1 N–H and O–H groups in total. The Morgan fingerprint density at radius 3 is 2.32 bits per heavy atom. The van der Waals surface area contributed by atoms with E-state index < -0.39 is 0 Å². The lowest BCUT2D eigenvalue weighted by atomic mass is 10.1. The Morgan fingerprint density at radius 1 is 1.05 bits per heavy atom. The van der Waals surface area contributed by atoms with E-state index in [0.717, 1.165) is 11.1 Å². The summed E-state index contributed by atoms with van der Waals surface area (Å²) < 4.78 is 0. The van der Waals surface area contributed by atoms with E-state index in [1.54, 1.807) is 0 Å². The number of nitrogens with zero attached hydrogens (tertiary/aromatic N) is 1. The lowest BCUT2D eigenvalue weighted by molar-refractivity contribution is 0.179. The molecule has 0 atom stereocenters. The Hall–Kier alpha value is -2.29. The van der Waals surface area contributed by atoms with E-state index in [4.69, 9.17) is 0 Å². The Morgan fingerprint density at radius 2 is 1.68 bits per heavy atom. The van der Waals surface area contributed by atoms with Gasteiger partial charge in [-0.25, -0.2) is 4.79 Å². The van der Waals surface area contributed by atoms with Crippen LogP contribution in [0.15, 0.2) is 54.6 Å². The molecule has 0 fully saturated rings. The van der Waals surface area contributed by atoms with Gasteiger partial charge in [-0.15, -0.1) is 0 Å². The molecule has 22 heavy (non-hydrogen) atoms. The predicted molar refractivity (Wildman–Crippen MR) is 90.5 cm³/mol. The first-order valence-corrected chi connectivity index (χ1v) is 7.71. The summed E-state index contributed by atoms with van der Waals surface area (Å²) in [6.45, 7) is 7.32. The third-order valence-corrected chi connectivity index (χ3v) is 3.77. The van der Waals surface area contributed by atoms with Gasteiger partial charge in [0.25, 0.3) is 0 Å². The molecule has 0 saturated heterocycles. The number of amides is 2. The topological polar surface area (TPSA) is 32.3 Å². The van der Waals surface area contributed by atoms with Gasteiger partial charge in [0, 0.05) is 19.1 Å². The SMILES string of the molecule is Cc1ccccc1CNC(=O)N(Cc1ccccc1)C(C)C. The zero-order chi connectivity index (χ0) is 15.9. The lowest BCUT2D eigenvalue weighted by Gasteiger charge is -2.27. The van der Waals surface area contributed by atoms with Crippen LogP contribution in [0.3, 0.4) is 0 Å². The van der Waals surface area contributed by atoms with Gasteiger partial charge in [0.2, 0.25) is 0 Å². The second-order valence-corrected chi connectivity index (χ2v) is 5.79. The molecule has 0 saturated carbocycles. The van der Waals surface area contributed by atoms with E-state index in [-0.39, 0.29) is 12.1 Å². The van der Waals surface area contributed by atoms with Gasteiger partial charge in [-0.3, -0.25) is 0 Å². The molecule has 0 aliphatic heterocycles. The van der Waals surface area contributed by atoms with E-state index >= 15 is 0 Å². The van der Waals surface area contributed by atoms with E-state index in [9.17, 15) is 4.79 Å². The van der Waals surface area contributed by atoms with Gasteiger partial charge >= 0.3 is 6.03 Å². The van der Waals surface area contributed by atoms with E-state index in [1.165, 1.54) is 5.56 Å². The van der Waals surface area contributed by atoms with Gasteiger partial charge < -0.3 is 10.2 Å². The van der Waals surface area contributed by atoms with Crippen LogP contribution in [-0.4, -0.2) is 17.0 Å². The molecule has 0 heterocycles. The molecule has 0 unspecified atom stereocenters. The Bertz CT molecular complexity index is 608. The second kappa shape index (κ2) is 7.64. The average Bonchev–Trinajstić information content (AvgIpc) is 2.52. The largest absolute Gasteiger partial charge is 0.334 e. The van der Waals surface area contributed by atoms with Crippen molar-refractivity contribution in [2.24, 2.45) is 0 Å². The van der Waals surface area contributed by atoms with Crippen molar-refractivity contribution in [3.8, 4) is 0 Å². The summed E-state index contributed by atoms with van der Waals surface area (Å²) in [5.41, 5.74) is 3.49. The molecule has 3 nitrogen and oxygen atoms in total. The zero-order valence-corrected chi connectivity index (χ0v) is 13.5. The molecule has 0 aromatic heterocycles. The molecule has 0 radical (unpaired) electrons. The minimum absolute atomic E-state index is 0.0258. The summed E-state index contributed by atoms with van der Waals surface area (Å²) in [6.07, 6.45) is 0. The fourth-order valence-corrected chi connectivity index (χ4v) is 2.35. The van der Waals surface area contributed by atoms with Gasteiger partial charge in [0.15, 0.2) is 0 Å². The molecule has 2 rings (SSSR count). The predicted octanol–water partition coefficient (Wildman–Crippen LogP) is 4.12. The quantitative estimate of drug-likeness (QED) is 0.884. The number of aryl methyl sites for hydroxylation is 1. The maximum Gasteiger partial charge on any atom is 0.318 e. The standard InChI is InChI=1S/C19H24N2O/c1-15(2)21(14-17-10-5-4-6-11-17)19(22)20-13-18-12-8-7-9-16(18)3/h4-12,15H,13-14H2,1-3H3,(H,20,22). The summed E-state index contributed by atoms with van der Waals surface area (Å²) >= 11 is 0. The van der Waals surface area contributed by atoms with Gasteiger partial charge in [0.05, 0.1) is 0 Å². The van der Waals surface area contributed by atoms with Crippen molar-refractivity contribution < 1.29 is 4.79 Å². The van der Waals surface area contributed by atoms with Crippen molar-refractivity contribution in [3.63, 3.8) is 0 Å². The summed E-state index contributed by atoms with van der Waals surface area (Å²) in [7, 11) is 0. The molecular weight excluding hydrogens is 272 g/mol. The molecule has 0 bridgehead atoms. The number of hydrogen-bond donors (Lipinski definition) is 1. The normalized spacial score (nSPS) is 10.5. The van der Waals surface area contributed by atoms with Gasteiger partial charge in [-0.2, -0.15) is 0 Å². The maximum absolute atomic E-state index is 12.5. The summed E-state index contributed by atoms with van der Waals surface area (Å²) in [5.74, 6) is 0. The lowest BCUT2D eigenvalue weighted by Crippen LogP contribution is -2.43. The number of carbonyl (C=O) groups is 1. The Labute approximate surface area is 133 Å². The third-order valence-electron chi connectivity index (χ3n) is 3.77. The van der Waals surface area contributed by atoms with E-state index in [2.05, 4.69) is 18.3 Å². The number of hydrogen-bond acceptors (Lipinski definition) is 1. The van der Waals surface area contributed by atoms with Crippen LogP contribution in [0.2, 0.25) is 0 Å². The summed E-state index contributed by atoms with van der Waals surface area (Å²) in [5, 5.41) is 3.03. The molecule has 116 valence electrons. The Balaban J connectivity index is 2.00. The average molecular weight is 296 g/mol. The molecule has 2 amide bonds. The van der Waals surface area contributed by atoms with Gasteiger partial charge in [-0.1, -0.05) is 54.6 Å². The minimum Gasteiger partial charge on any atom is -0.334 e.